The molecular weight excluding hydrogens is 244 g/mol. The van der Waals surface area contributed by atoms with Crippen molar-refractivity contribution in [2.24, 2.45) is 0 Å². The van der Waals surface area contributed by atoms with Gasteiger partial charge in [0.15, 0.2) is 0 Å². The Morgan fingerprint density at radius 1 is 1.39 bits per heavy atom. The van der Waals surface area contributed by atoms with Gasteiger partial charge in [-0.3, -0.25) is 0 Å². The highest BCUT2D eigenvalue weighted by atomic mass is 32.1. The van der Waals surface area contributed by atoms with E-state index in [-0.39, 0.29) is 0 Å². The molecular formula is C14H16N2OS. The fourth-order valence-electron chi connectivity index (χ4n) is 2.32. The molecule has 1 aromatic heterocycles. The number of methoxy groups -OCH3 is 1. The molecule has 0 radical (unpaired) electrons. The number of hydrogen-bond acceptors (Lipinski definition) is 4. The van der Waals surface area contributed by atoms with Gasteiger partial charge in [-0.1, -0.05) is 12.1 Å². The van der Waals surface area contributed by atoms with Gasteiger partial charge in [-0.15, -0.1) is 11.3 Å². The van der Waals surface area contributed by atoms with Gasteiger partial charge in [-0.05, 0) is 31.5 Å². The Hall–Kier alpha value is -1.39. The van der Waals surface area contributed by atoms with Gasteiger partial charge in [-0.25, -0.2) is 4.98 Å². The van der Waals surface area contributed by atoms with Crippen LogP contribution >= 0.6 is 11.3 Å². The quantitative estimate of drug-likeness (QED) is 0.920. The van der Waals surface area contributed by atoms with Crippen LogP contribution in [0.15, 0.2) is 29.6 Å². The van der Waals surface area contributed by atoms with Crippen LogP contribution in [0.4, 0.5) is 0 Å². The van der Waals surface area contributed by atoms with Crippen molar-refractivity contribution in [2.45, 2.75) is 18.9 Å². The Labute approximate surface area is 111 Å². The van der Waals surface area contributed by atoms with Gasteiger partial charge in [0, 0.05) is 10.9 Å². The molecule has 1 N–H and O–H groups in total. The summed E-state index contributed by atoms with van der Waals surface area (Å²) in [7, 11) is 1.70. The van der Waals surface area contributed by atoms with Crippen molar-refractivity contribution in [3.8, 4) is 17.0 Å². The van der Waals surface area contributed by atoms with Crippen LogP contribution in [-0.4, -0.2) is 18.6 Å². The first kappa shape index (κ1) is 11.7. The minimum atomic E-state index is 0.443. The first-order valence-electron chi connectivity index (χ1n) is 6.20. The molecule has 1 saturated heterocycles. The zero-order valence-corrected chi connectivity index (χ0v) is 11.2. The molecule has 1 unspecified atom stereocenters. The zero-order valence-electron chi connectivity index (χ0n) is 10.3. The van der Waals surface area contributed by atoms with Crippen LogP contribution in [0.2, 0.25) is 0 Å². The SMILES string of the molecule is COc1ccccc1-c1csc(C2CCCN2)n1. The van der Waals surface area contributed by atoms with Gasteiger partial charge >= 0.3 is 0 Å². The monoisotopic (exact) mass is 260 g/mol. The molecule has 0 aliphatic carbocycles. The Balaban J connectivity index is 1.92. The second-order valence-electron chi connectivity index (χ2n) is 4.42. The van der Waals surface area contributed by atoms with Crippen LogP contribution in [0.5, 0.6) is 5.75 Å². The lowest BCUT2D eigenvalue weighted by molar-refractivity contribution is 0.416. The summed E-state index contributed by atoms with van der Waals surface area (Å²) in [5.74, 6) is 0.883. The largest absolute Gasteiger partial charge is 0.496 e. The molecule has 0 spiro atoms. The minimum absolute atomic E-state index is 0.443. The lowest BCUT2D eigenvalue weighted by Crippen LogP contribution is -2.12. The topological polar surface area (TPSA) is 34.1 Å². The van der Waals surface area contributed by atoms with Crippen molar-refractivity contribution in [3.63, 3.8) is 0 Å². The summed E-state index contributed by atoms with van der Waals surface area (Å²) in [4.78, 5) is 4.75. The molecule has 2 heterocycles. The molecule has 0 saturated carbocycles. The number of para-hydroxylation sites is 1. The summed E-state index contributed by atoms with van der Waals surface area (Å²) in [5, 5.41) is 6.79. The maximum absolute atomic E-state index is 5.38. The highest BCUT2D eigenvalue weighted by Crippen LogP contribution is 2.33. The summed E-state index contributed by atoms with van der Waals surface area (Å²) >= 11 is 1.73. The van der Waals surface area contributed by atoms with Crippen LogP contribution in [0.3, 0.4) is 0 Å². The molecule has 94 valence electrons. The van der Waals surface area contributed by atoms with Crippen LogP contribution in [0, 0.1) is 0 Å². The number of hydrogen-bond donors (Lipinski definition) is 1. The van der Waals surface area contributed by atoms with E-state index in [1.807, 2.05) is 18.2 Å². The predicted octanol–water partition coefficient (Wildman–Crippen LogP) is 3.24. The predicted molar refractivity (Wildman–Crippen MR) is 74.1 cm³/mol. The molecule has 18 heavy (non-hydrogen) atoms. The third-order valence-electron chi connectivity index (χ3n) is 3.26. The standard InChI is InChI=1S/C14H16N2OS/c1-17-13-7-3-2-5-10(13)12-9-18-14(16-12)11-6-4-8-15-11/h2-3,5,7,9,11,15H,4,6,8H2,1H3. The first-order chi connectivity index (χ1) is 8.88. The number of nitrogens with zero attached hydrogens (tertiary/aromatic N) is 1. The summed E-state index contributed by atoms with van der Waals surface area (Å²) < 4.78 is 5.38. The Bertz CT molecular complexity index is 532. The average molecular weight is 260 g/mol. The van der Waals surface area contributed by atoms with E-state index in [0.717, 1.165) is 23.6 Å². The Kier molecular flexibility index (Phi) is 3.30. The van der Waals surface area contributed by atoms with Gasteiger partial charge in [0.25, 0.3) is 0 Å². The summed E-state index contributed by atoms with van der Waals surface area (Å²) in [5.41, 5.74) is 2.08. The van der Waals surface area contributed by atoms with E-state index in [9.17, 15) is 0 Å². The molecule has 1 atom stereocenters. The maximum Gasteiger partial charge on any atom is 0.128 e. The number of rotatable bonds is 3. The molecule has 1 aliphatic heterocycles. The maximum atomic E-state index is 5.38. The first-order valence-corrected chi connectivity index (χ1v) is 7.08. The van der Waals surface area contributed by atoms with Gasteiger partial charge in [0.05, 0.1) is 18.8 Å². The van der Waals surface area contributed by atoms with Gasteiger partial charge in [0.2, 0.25) is 0 Å². The van der Waals surface area contributed by atoms with Crippen LogP contribution < -0.4 is 10.1 Å². The molecule has 1 fully saturated rings. The van der Waals surface area contributed by atoms with Crippen molar-refractivity contribution in [3.05, 3.63) is 34.7 Å². The van der Waals surface area contributed by atoms with Crippen LogP contribution in [0.25, 0.3) is 11.3 Å². The highest BCUT2D eigenvalue weighted by Gasteiger charge is 2.20. The number of ether oxygens (including phenoxy) is 1. The second kappa shape index (κ2) is 5.08. The van der Waals surface area contributed by atoms with E-state index in [0.29, 0.717) is 6.04 Å². The fourth-order valence-corrected chi connectivity index (χ4v) is 3.25. The molecule has 3 rings (SSSR count). The molecule has 3 nitrogen and oxygen atoms in total. The van der Waals surface area contributed by atoms with E-state index < -0.39 is 0 Å². The summed E-state index contributed by atoms with van der Waals surface area (Å²) in [6, 6.07) is 8.47. The molecule has 0 amide bonds. The lowest BCUT2D eigenvalue weighted by Gasteiger charge is -2.06. The van der Waals surface area contributed by atoms with Crippen LogP contribution in [-0.2, 0) is 0 Å². The van der Waals surface area contributed by atoms with Gasteiger partial charge < -0.3 is 10.1 Å². The fraction of sp³-hybridized carbons (Fsp3) is 0.357. The van der Waals surface area contributed by atoms with Crippen molar-refractivity contribution in [1.82, 2.24) is 10.3 Å². The smallest absolute Gasteiger partial charge is 0.128 e. The lowest BCUT2D eigenvalue weighted by atomic mass is 10.1. The van der Waals surface area contributed by atoms with Crippen molar-refractivity contribution in [1.29, 1.82) is 0 Å². The van der Waals surface area contributed by atoms with Crippen molar-refractivity contribution < 1.29 is 4.74 Å². The highest BCUT2D eigenvalue weighted by molar-refractivity contribution is 7.10. The van der Waals surface area contributed by atoms with Crippen LogP contribution in [0.1, 0.15) is 23.9 Å². The van der Waals surface area contributed by atoms with Crippen molar-refractivity contribution in [2.75, 3.05) is 13.7 Å². The zero-order chi connectivity index (χ0) is 12.4. The minimum Gasteiger partial charge on any atom is -0.496 e. The molecule has 0 bridgehead atoms. The number of aromatic nitrogens is 1. The van der Waals surface area contributed by atoms with E-state index in [2.05, 4.69) is 16.8 Å². The van der Waals surface area contributed by atoms with Gasteiger partial charge in [-0.2, -0.15) is 0 Å². The number of nitrogens with one attached hydrogen (secondary N) is 1. The molecule has 1 aromatic carbocycles. The summed E-state index contributed by atoms with van der Waals surface area (Å²) in [6.07, 6.45) is 2.44. The molecule has 2 aromatic rings. The van der Waals surface area contributed by atoms with E-state index in [1.54, 1.807) is 18.4 Å². The molecule has 1 aliphatic rings. The molecule has 4 heteroatoms. The van der Waals surface area contributed by atoms with E-state index in [4.69, 9.17) is 9.72 Å². The Morgan fingerprint density at radius 2 is 2.28 bits per heavy atom. The number of thiazole rings is 1. The third kappa shape index (κ3) is 2.13. The second-order valence-corrected chi connectivity index (χ2v) is 5.31. The normalized spacial score (nSPS) is 19.1. The Morgan fingerprint density at radius 3 is 3.06 bits per heavy atom. The van der Waals surface area contributed by atoms with E-state index >= 15 is 0 Å². The third-order valence-corrected chi connectivity index (χ3v) is 4.22. The van der Waals surface area contributed by atoms with Crippen molar-refractivity contribution >= 4 is 11.3 Å². The average Bonchev–Trinajstić information content (AvgIpc) is 3.09. The van der Waals surface area contributed by atoms with Gasteiger partial charge in [0.1, 0.15) is 10.8 Å². The van der Waals surface area contributed by atoms with E-state index in [1.165, 1.54) is 17.8 Å². The summed E-state index contributed by atoms with van der Waals surface area (Å²) in [6.45, 7) is 1.11. The number of benzene rings is 1.